The quantitative estimate of drug-likeness (QED) is 0.581. The third-order valence-electron chi connectivity index (χ3n) is 1.57. The summed E-state index contributed by atoms with van der Waals surface area (Å²) in [5, 5.41) is 0. The molecule has 0 atom stereocenters. The summed E-state index contributed by atoms with van der Waals surface area (Å²) in [5.41, 5.74) is 1.41. The molecule has 4 heteroatoms. The van der Waals surface area contributed by atoms with E-state index in [4.69, 9.17) is 14.4 Å². The molecule has 0 unspecified atom stereocenters. The van der Waals surface area contributed by atoms with Gasteiger partial charge in [0.25, 0.3) is 0 Å². The Bertz CT molecular complexity index is 174. The minimum atomic E-state index is 0. The first-order valence-corrected chi connectivity index (χ1v) is 4.56. The first-order valence-electron chi connectivity index (χ1n) is 4.56. The summed E-state index contributed by atoms with van der Waals surface area (Å²) in [7, 11) is 0. The summed E-state index contributed by atoms with van der Waals surface area (Å²) < 4.78 is 0. The van der Waals surface area contributed by atoms with E-state index < -0.39 is 0 Å². The zero-order valence-electron chi connectivity index (χ0n) is 9.71. The van der Waals surface area contributed by atoms with Crippen molar-refractivity contribution in [2.45, 2.75) is 32.6 Å². The molecule has 0 aromatic heterocycles. The Kier molecular flexibility index (Phi) is 44.4. The van der Waals surface area contributed by atoms with Gasteiger partial charge in [-0.1, -0.05) is 26.2 Å². The van der Waals surface area contributed by atoms with E-state index in [1.807, 2.05) is 20.4 Å². The van der Waals surface area contributed by atoms with Gasteiger partial charge in [-0.25, -0.2) is 11.6 Å². The van der Waals surface area contributed by atoms with Crippen LogP contribution in [0.15, 0.2) is 17.7 Å². The number of carbonyl (C=O) groups excluding carboxylic acids is 3. The molecule has 0 saturated carbocycles. The minimum Gasteiger partial charge on any atom is -0.307 e. The van der Waals surface area contributed by atoms with Crippen molar-refractivity contribution in [3.05, 3.63) is 23.8 Å². The van der Waals surface area contributed by atoms with Crippen LogP contribution < -0.4 is 0 Å². The van der Waals surface area contributed by atoms with Crippen molar-refractivity contribution in [2.75, 3.05) is 0 Å². The van der Waals surface area contributed by atoms with E-state index in [1.54, 1.807) is 0 Å². The van der Waals surface area contributed by atoms with Crippen molar-refractivity contribution in [2.24, 2.45) is 0 Å². The standard InChI is InChI=1S/C9H13.3CH2O.Mn/c1-2-3-6-9-7-4-5-8-9;3*1-2;/h4,7H,2-3,5-6H2,1H3;3*1H2;/q-1;;;;. The summed E-state index contributed by atoms with van der Waals surface area (Å²) in [6.45, 7) is 8.22. The fraction of sp³-hybridized carbons (Fsp3) is 0.417. The van der Waals surface area contributed by atoms with Crippen LogP contribution in [-0.2, 0) is 31.5 Å². The Morgan fingerprint density at radius 1 is 1.19 bits per heavy atom. The molecule has 1 radical (unpaired) electrons. The molecule has 0 aromatic rings. The fourth-order valence-electron chi connectivity index (χ4n) is 0.989. The molecule has 16 heavy (non-hydrogen) atoms. The smallest absolute Gasteiger partial charge is 0.106 e. The van der Waals surface area contributed by atoms with Gasteiger partial charge in [0.2, 0.25) is 0 Å². The molecule has 93 valence electrons. The maximum absolute atomic E-state index is 8.00. The second kappa shape index (κ2) is 29.2. The van der Waals surface area contributed by atoms with Gasteiger partial charge in [0.05, 0.1) is 0 Å². The molecule has 0 heterocycles. The zero-order valence-corrected chi connectivity index (χ0v) is 10.9. The van der Waals surface area contributed by atoms with E-state index in [1.165, 1.54) is 24.8 Å². The van der Waals surface area contributed by atoms with Gasteiger partial charge in [0.15, 0.2) is 0 Å². The molecule has 0 bridgehead atoms. The van der Waals surface area contributed by atoms with Crippen molar-refractivity contribution in [1.29, 1.82) is 0 Å². The van der Waals surface area contributed by atoms with Gasteiger partial charge in [-0.05, 0) is 0 Å². The van der Waals surface area contributed by atoms with E-state index in [0.29, 0.717) is 0 Å². The average Bonchev–Trinajstić information content (AvgIpc) is 2.87. The Morgan fingerprint density at radius 3 is 2.00 bits per heavy atom. The molecule has 1 aliphatic carbocycles. The van der Waals surface area contributed by atoms with E-state index >= 15 is 0 Å². The summed E-state index contributed by atoms with van der Waals surface area (Å²) in [6, 6.07) is 0. The summed E-state index contributed by atoms with van der Waals surface area (Å²) in [6.07, 6.45) is 12.5. The molecule has 0 saturated heterocycles. The molecule has 0 fully saturated rings. The van der Waals surface area contributed by atoms with Crippen LogP contribution in [0.1, 0.15) is 32.6 Å². The molecule has 0 aliphatic heterocycles. The normalized spacial score (nSPS) is 9.94. The van der Waals surface area contributed by atoms with E-state index in [2.05, 4.69) is 25.2 Å². The van der Waals surface area contributed by atoms with E-state index in [0.717, 1.165) is 6.42 Å². The molecule has 1 aliphatic rings. The van der Waals surface area contributed by atoms with Gasteiger partial charge in [0, 0.05) is 17.1 Å². The maximum Gasteiger partial charge on any atom is 0.106 e. The van der Waals surface area contributed by atoms with Crippen molar-refractivity contribution >= 4 is 20.4 Å². The molecular weight excluding hydrogens is 247 g/mol. The van der Waals surface area contributed by atoms with Crippen molar-refractivity contribution < 1.29 is 31.5 Å². The first kappa shape index (κ1) is 24.3. The number of unbranched alkanes of at least 4 members (excludes halogenated alkanes) is 1. The van der Waals surface area contributed by atoms with Crippen LogP contribution in [0, 0.1) is 6.08 Å². The topological polar surface area (TPSA) is 51.2 Å². The van der Waals surface area contributed by atoms with Crippen LogP contribution >= 0.6 is 0 Å². The van der Waals surface area contributed by atoms with Gasteiger partial charge in [0.1, 0.15) is 20.4 Å². The third kappa shape index (κ3) is 18.7. The Labute approximate surface area is 108 Å². The Hall–Kier alpha value is -0.991. The van der Waals surface area contributed by atoms with E-state index in [-0.39, 0.29) is 17.1 Å². The number of hydrogen-bond donors (Lipinski definition) is 0. The number of rotatable bonds is 3. The van der Waals surface area contributed by atoms with Gasteiger partial charge in [-0.2, -0.15) is 6.08 Å². The molecule has 0 amide bonds. The Morgan fingerprint density at radius 2 is 1.69 bits per heavy atom. The van der Waals surface area contributed by atoms with Crippen molar-refractivity contribution in [3.8, 4) is 0 Å². The molecule has 1 rings (SSSR count). The first-order chi connectivity index (χ1) is 7.43. The molecular formula is C12H19MnO3-. The zero-order chi connectivity index (χ0) is 12.5. The van der Waals surface area contributed by atoms with Gasteiger partial charge < -0.3 is 14.4 Å². The number of carbonyl (C=O) groups is 3. The number of allylic oxidation sites excluding steroid dienone is 4. The fourth-order valence-corrected chi connectivity index (χ4v) is 0.989. The number of hydrogen-bond acceptors (Lipinski definition) is 3. The van der Waals surface area contributed by atoms with Crippen molar-refractivity contribution in [1.82, 2.24) is 0 Å². The predicted molar refractivity (Wildman–Crippen MR) is 61.4 cm³/mol. The molecule has 0 spiro atoms. The minimum absolute atomic E-state index is 0. The largest absolute Gasteiger partial charge is 0.307 e. The predicted octanol–water partition coefficient (Wildman–Crippen LogP) is 2.31. The van der Waals surface area contributed by atoms with Crippen LogP contribution in [-0.4, -0.2) is 20.4 Å². The second-order valence-electron chi connectivity index (χ2n) is 2.41. The molecule has 0 aromatic carbocycles. The van der Waals surface area contributed by atoms with Crippen LogP contribution in [0.5, 0.6) is 0 Å². The second-order valence-corrected chi connectivity index (χ2v) is 2.41. The molecule has 0 N–H and O–H groups in total. The Balaban J connectivity index is -0.0000000900. The summed E-state index contributed by atoms with van der Waals surface area (Å²) >= 11 is 0. The summed E-state index contributed by atoms with van der Waals surface area (Å²) in [4.78, 5) is 24.0. The van der Waals surface area contributed by atoms with Gasteiger partial charge >= 0.3 is 0 Å². The SMILES string of the molecule is C=O.C=O.C=O.CCCCC1=[C-]CC=C1.[Mn]. The van der Waals surface area contributed by atoms with Crippen molar-refractivity contribution in [3.63, 3.8) is 0 Å². The maximum atomic E-state index is 8.00. The van der Waals surface area contributed by atoms with Crippen LogP contribution in [0.2, 0.25) is 0 Å². The van der Waals surface area contributed by atoms with Crippen LogP contribution in [0.4, 0.5) is 0 Å². The monoisotopic (exact) mass is 266 g/mol. The van der Waals surface area contributed by atoms with E-state index in [9.17, 15) is 0 Å². The summed E-state index contributed by atoms with van der Waals surface area (Å²) in [5.74, 6) is 0. The molecule has 3 nitrogen and oxygen atoms in total. The third-order valence-corrected chi connectivity index (χ3v) is 1.57. The van der Waals surface area contributed by atoms with Crippen LogP contribution in [0.3, 0.4) is 0 Å². The van der Waals surface area contributed by atoms with Gasteiger partial charge in [-0.3, -0.25) is 6.08 Å². The van der Waals surface area contributed by atoms with Crippen LogP contribution in [0.25, 0.3) is 0 Å². The average molecular weight is 266 g/mol. The van der Waals surface area contributed by atoms with Gasteiger partial charge in [-0.15, -0.1) is 6.42 Å².